The van der Waals surface area contributed by atoms with E-state index in [0.29, 0.717) is 23.7 Å². The first-order valence-electron chi connectivity index (χ1n) is 14.2. The number of fused-ring (bicyclic) bond motifs is 10. The summed E-state index contributed by atoms with van der Waals surface area (Å²) in [5, 5.41) is 6.43. The largest absolute Gasteiger partial charge is 0.182 e. The van der Waals surface area contributed by atoms with Gasteiger partial charge in [-0.15, -0.1) is 0 Å². The zero-order valence-corrected chi connectivity index (χ0v) is 24.7. The van der Waals surface area contributed by atoms with E-state index < -0.39 is 8.07 Å². The molecule has 0 saturated carbocycles. The van der Waals surface area contributed by atoms with Crippen LogP contribution in [0.2, 0.25) is 0 Å². The van der Waals surface area contributed by atoms with Crippen LogP contribution in [0.15, 0.2) is 72.8 Å². The van der Waals surface area contributed by atoms with Gasteiger partial charge in [0.1, 0.15) is 0 Å². The highest BCUT2D eigenvalue weighted by atomic mass is 28.3. The summed E-state index contributed by atoms with van der Waals surface area (Å²) < 4.78 is 0. The minimum atomic E-state index is -2.46. The van der Waals surface area contributed by atoms with E-state index in [9.17, 15) is 0 Å². The van der Waals surface area contributed by atoms with Crippen LogP contribution in [-0.4, -0.2) is 8.07 Å². The van der Waals surface area contributed by atoms with Crippen LogP contribution in [0, 0.1) is 0 Å². The van der Waals surface area contributed by atoms with Gasteiger partial charge in [0, 0.05) is 0 Å². The molecule has 6 rings (SSSR count). The third kappa shape index (κ3) is 3.39. The first-order chi connectivity index (χ1) is 17.6. The van der Waals surface area contributed by atoms with Gasteiger partial charge >= 0.3 is 0 Å². The summed E-state index contributed by atoms with van der Waals surface area (Å²) in [7, 11) is -2.46. The maximum atomic E-state index is 2.60. The predicted molar refractivity (Wildman–Crippen MR) is 164 cm³/mol. The highest BCUT2D eigenvalue weighted by Gasteiger charge is 2.54. The number of hydrogen-bond acceptors (Lipinski definition) is 0. The van der Waals surface area contributed by atoms with Crippen molar-refractivity contribution in [2.75, 3.05) is 0 Å². The van der Waals surface area contributed by atoms with Gasteiger partial charge in [-0.05, 0) is 88.9 Å². The van der Waals surface area contributed by atoms with Gasteiger partial charge in [-0.2, -0.15) is 0 Å². The topological polar surface area (TPSA) is 0 Å². The van der Waals surface area contributed by atoms with E-state index in [1.165, 1.54) is 44.5 Å². The lowest BCUT2D eigenvalue weighted by Crippen LogP contribution is -2.71. The van der Waals surface area contributed by atoms with E-state index in [1.54, 1.807) is 20.7 Å². The standard InChI is InChI=1S/C36H40Si/c1-21(2)25-9-13-29-30-14-10-26(22(3)4)18-34(30)37(33(29)17-25)35-19-27(23(5)6)11-15-31(35)32-16-12-28(24(7)8)20-36(32)37/h9-24H,1-8H3. The first-order valence-corrected chi connectivity index (χ1v) is 16.2. The molecule has 2 aliphatic heterocycles. The van der Waals surface area contributed by atoms with E-state index in [-0.39, 0.29) is 0 Å². The minimum Gasteiger partial charge on any atom is -0.0587 e. The molecule has 188 valence electrons. The molecule has 0 saturated heterocycles. The maximum Gasteiger partial charge on any atom is 0.182 e. The molecule has 4 aromatic rings. The molecular weight excluding hydrogens is 460 g/mol. The molecule has 0 bridgehead atoms. The third-order valence-electron chi connectivity index (χ3n) is 9.04. The summed E-state index contributed by atoms with van der Waals surface area (Å²) in [6.07, 6.45) is 0. The Balaban J connectivity index is 1.81. The van der Waals surface area contributed by atoms with Gasteiger partial charge in [0.15, 0.2) is 8.07 Å². The van der Waals surface area contributed by atoms with Crippen molar-refractivity contribution in [2.45, 2.75) is 79.1 Å². The lowest BCUT2D eigenvalue weighted by atomic mass is 9.96. The van der Waals surface area contributed by atoms with E-state index >= 15 is 0 Å². The van der Waals surface area contributed by atoms with Gasteiger partial charge in [-0.1, -0.05) is 128 Å². The maximum absolute atomic E-state index is 2.60. The van der Waals surface area contributed by atoms with E-state index in [4.69, 9.17) is 0 Å². The Morgan fingerprint density at radius 3 is 0.757 bits per heavy atom. The van der Waals surface area contributed by atoms with Crippen LogP contribution >= 0.6 is 0 Å². The Kier molecular flexibility index (Phi) is 5.66. The number of rotatable bonds is 4. The summed E-state index contributed by atoms with van der Waals surface area (Å²) in [6.45, 7) is 18.7. The van der Waals surface area contributed by atoms with E-state index in [1.807, 2.05) is 0 Å². The van der Waals surface area contributed by atoms with Crippen LogP contribution in [-0.2, 0) is 0 Å². The van der Waals surface area contributed by atoms with Gasteiger partial charge in [0.25, 0.3) is 0 Å². The van der Waals surface area contributed by atoms with Crippen molar-refractivity contribution in [3.05, 3.63) is 95.1 Å². The van der Waals surface area contributed by atoms with Crippen molar-refractivity contribution >= 4 is 28.8 Å². The number of benzene rings is 4. The third-order valence-corrected chi connectivity index (χ3v) is 13.9. The Morgan fingerprint density at radius 1 is 0.351 bits per heavy atom. The molecule has 0 radical (unpaired) electrons. The number of hydrogen-bond donors (Lipinski definition) is 0. The molecular formula is C36H40Si. The molecule has 0 nitrogen and oxygen atoms in total. The van der Waals surface area contributed by atoms with Crippen molar-refractivity contribution < 1.29 is 0 Å². The van der Waals surface area contributed by atoms with Crippen LogP contribution in [0.1, 0.15) is 101 Å². The second-order valence-electron chi connectivity index (χ2n) is 12.6. The molecule has 0 fully saturated rings. The quantitative estimate of drug-likeness (QED) is 0.220. The van der Waals surface area contributed by atoms with Gasteiger partial charge in [-0.25, -0.2) is 0 Å². The van der Waals surface area contributed by atoms with Crippen molar-refractivity contribution in [3.63, 3.8) is 0 Å². The molecule has 0 N–H and O–H groups in total. The zero-order valence-electron chi connectivity index (χ0n) is 23.7. The molecule has 37 heavy (non-hydrogen) atoms. The fourth-order valence-electron chi connectivity index (χ4n) is 6.73. The van der Waals surface area contributed by atoms with Gasteiger partial charge in [0.05, 0.1) is 0 Å². The van der Waals surface area contributed by atoms with Crippen molar-refractivity contribution in [1.29, 1.82) is 0 Å². The second kappa shape index (κ2) is 8.56. The molecule has 1 spiro atoms. The zero-order chi connectivity index (χ0) is 26.2. The fraction of sp³-hybridized carbons (Fsp3) is 0.333. The Morgan fingerprint density at radius 2 is 0.568 bits per heavy atom. The summed E-state index contributed by atoms with van der Waals surface area (Å²) in [5.74, 6) is 2.04. The average Bonchev–Trinajstić information content (AvgIpc) is 3.33. The predicted octanol–water partition coefficient (Wildman–Crippen LogP) is 7.52. The molecule has 2 aliphatic rings. The van der Waals surface area contributed by atoms with Crippen LogP contribution in [0.3, 0.4) is 0 Å². The molecule has 0 unspecified atom stereocenters. The van der Waals surface area contributed by atoms with Gasteiger partial charge in [0.2, 0.25) is 0 Å². The molecule has 0 amide bonds. The van der Waals surface area contributed by atoms with Crippen LogP contribution in [0.5, 0.6) is 0 Å². The highest BCUT2D eigenvalue weighted by Crippen LogP contribution is 2.39. The highest BCUT2D eigenvalue weighted by molar-refractivity contribution is 7.24. The van der Waals surface area contributed by atoms with Crippen LogP contribution in [0.4, 0.5) is 0 Å². The van der Waals surface area contributed by atoms with Crippen molar-refractivity contribution in [2.24, 2.45) is 0 Å². The minimum absolute atomic E-state index is 0.510. The summed E-state index contributed by atoms with van der Waals surface area (Å²) in [4.78, 5) is 0. The molecule has 4 aromatic carbocycles. The smallest absolute Gasteiger partial charge is 0.0587 e. The van der Waals surface area contributed by atoms with Crippen LogP contribution in [0.25, 0.3) is 22.3 Å². The second-order valence-corrected chi connectivity index (χ2v) is 16.2. The molecule has 1 heteroatoms. The molecule has 0 aromatic heterocycles. The lowest BCUT2D eigenvalue weighted by molar-refractivity contribution is 0.868. The van der Waals surface area contributed by atoms with Gasteiger partial charge < -0.3 is 0 Å². The summed E-state index contributed by atoms with van der Waals surface area (Å²) in [6, 6.07) is 29.7. The monoisotopic (exact) mass is 500 g/mol. The van der Waals surface area contributed by atoms with E-state index in [2.05, 4.69) is 128 Å². The van der Waals surface area contributed by atoms with Gasteiger partial charge in [-0.3, -0.25) is 0 Å². The average molecular weight is 501 g/mol. The van der Waals surface area contributed by atoms with Crippen molar-refractivity contribution in [1.82, 2.24) is 0 Å². The normalized spacial score (nSPS) is 14.6. The molecule has 0 atom stereocenters. The van der Waals surface area contributed by atoms with E-state index in [0.717, 1.165) is 0 Å². The summed E-state index contributed by atoms with van der Waals surface area (Å²) >= 11 is 0. The molecule has 2 heterocycles. The Bertz CT molecular complexity index is 1300. The van der Waals surface area contributed by atoms with Crippen LogP contribution < -0.4 is 20.7 Å². The molecule has 0 aliphatic carbocycles. The first kappa shape index (κ1) is 24.4. The SMILES string of the molecule is CC(C)c1ccc2c(c1)[Si]1(c3cc(C(C)C)ccc3-2)c2cc(C(C)C)ccc2-c2ccc(C(C)C)cc21. The lowest BCUT2D eigenvalue weighted by Gasteiger charge is -2.30. The Hall–Kier alpha value is -2.90. The Labute approximate surface area is 224 Å². The van der Waals surface area contributed by atoms with Crippen molar-refractivity contribution in [3.8, 4) is 22.3 Å². The fourth-order valence-corrected chi connectivity index (χ4v) is 12.5. The summed E-state index contributed by atoms with van der Waals surface area (Å²) in [5.41, 5.74) is 11.7.